The molecule has 0 aromatic heterocycles. The maximum absolute atomic E-state index is 13.1. The number of Topliss-reactive ketones (excluding diaryl/α,β-unsaturated/α-hetero) is 2. The van der Waals surface area contributed by atoms with Gasteiger partial charge in [-0.05, 0) is 36.6 Å². The Balaban J connectivity index is 1.96. The van der Waals surface area contributed by atoms with E-state index in [0.717, 1.165) is 16.7 Å². The third-order valence-electron chi connectivity index (χ3n) is 5.60. The monoisotopic (exact) mass is 505 g/mol. The minimum Gasteiger partial charge on any atom is -0.496 e. The lowest BCUT2D eigenvalue weighted by atomic mass is 9.93. The Morgan fingerprint density at radius 2 is 1.35 bits per heavy atom. The fourth-order valence-corrected chi connectivity index (χ4v) is 4.17. The van der Waals surface area contributed by atoms with E-state index in [4.69, 9.17) is 42.1 Å². The second-order valence-electron chi connectivity index (χ2n) is 7.60. The van der Waals surface area contributed by atoms with Crippen LogP contribution < -0.4 is 24.3 Å². The molecule has 0 atom stereocenters. The molecule has 0 spiro atoms. The summed E-state index contributed by atoms with van der Waals surface area (Å²) in [5.41, 5.74) is 3.15. The summed E-state index contributed by atoms with van der Waals surface area (Å²) in [7, 11) is 5.99. The van der Waals surface area contributed by atoms with E-state index in [1.165, 1.54) is 21.3 Å². The highest BCUT2D eigenvalue weighted by Crippen LogP contribution is 2.41. The number of rotatable bonds is 8. The van der Waals surface area contributed by atoms with Crippen LogP contribution in [0, 0.1) is 13.8 Å². The first-order chi connectivity index (χ1) is 16.2. The summed E-state index contributed by atoms with van der Waals surface area (Å²) in [5.74, 6) is 0.672. The number of hydrogen-bond acceptors (Lipinski definition) is 7. The number of aryl methyl sites for hydroxylation is 1. The number of carbonyl (C=O) groups excluding carboxylic acids is 2. The smallest absolute Gasteiger partial charge is 0.222 e. The summed E-state index contributed by atoms with van der Waals surface area (Å²) in [6.07, 6.45) is 0.134. The van der Waals surface area contributed by atoms with E-state index in [9.17, 15) is 9.59 Å². The molecule has 1 aliphatic carbocycles. The SMILES string of the molecule is COc1cc(CC2=C(Cl)C(=O)C(Nc3cc(OC)c(OC)c(OC)c3)=C(Cl)C2=O)cc(C)c1C. The van der Waals surface area contributed by atoms with E-state index in [-0.39, 0.29) is 27.8 Å². The summed E-state index contributed by atoms with van der Waals surface area (Å²) in [6.45, 7) is 3.89. The maximum atomic E-state index is 13.1. The molecule has 34 heavy (non-hydrogen) atoms. The molecule has 0 amide bonds. The van der Waals surface area contributed by atoms with Gasteiger partial charge in [0, 0.05) is 29.8 Å². The molecule has 180 valence electrons. The Hall–Kier alpha value is -3.16. The van der Waals surface area contributed by atoms with Crippen molar-refractivity contribution < 1.29 is 28.5 Å². The molecule has 0 bridgehead atoms. The van der Waals surface area contributed by atoms with Gasteiger partial charge in [0.05, 0.1) is 33.5 Å². The second-order valence-corrected chi connectivity index (χ2v) is 8.35. The molecule has 0 saturated carbocycles. The summed E-state index contributed by atoms with van der Waals surface area (Å²) in [5, 5.41) is 2.44. The molecule has 0 unspecified atom stereocenters. The Labute approximate surface area is 208 Å². The third kappa shape index (κ3) is 4.72. The van der Waals surface area contributed by atoms with Gasteiger partial charge in [-0.15, -0.1) is 0 Å². The van der Waals surface area contributed by atoms with Gasteiger partial charge in [0.15, 0.2) is 11.5 Å². The molecule has 2 aromatic rings. The summed E-state index contributed by atoms with van der Waals surface area (Å²) in [6, 6.07) is 6.92. The minimum atomic E-state index is -0.592. The molecule has 0 saturated heterocycles. The zero-order chi connectivity index (χ0) is 25.2. The Morgan fingerprint density at radius 1 is 0.765 bits per heavy atom. The van der Waals surface area contributed by atoms with Crippen molar-refractivity contribution in [2.45, 2.75) is 20.3 Å². The van der Waals surface area contributed by atoms with E-state index in [2.05, 4.69) is 5.32 Å². The predicted octanol–water partition coefficient (Wildman–Crippen LogP) is 5.09. The molecule has 0 radical (unpaired) electrons. The number of carbonyl (C=O) groups is 2. The molecule has 0 fully saturated rings. The van der Waals surface area contributed by atoms with Gasteiger partial charge >= 0.3 is 0 Å². The highest BCUT2D eigenvalue weighted by molar-refractivity contribution is 6.56. The molecular weight excluding hydrogens is 481 g/mol. The number of methoxy groups -OCH3 is 4. The zero-order valence-corrected chi connectivity index (χ0v) is 21.2. The standard InChI is InChI=1S/C25H25Cl2NO6/c1-12-7-14(9-17(31-3)13(12)2)8-16-20(26)24(30)22(21(27)23(16)29)28-15-10-18(32-4)25(34-6)19(11-15)33-5/h7,9-11,28H,8H2,1-6H3. The molecule has 9 heteroatoms. The average Bonchev–Trinajstić information content (AvgIpc) is 2.84. The molecule has 1 N–H and O–H groups in total. The minimum absolute atomic E-state index is 0.123. The van der Waals surface area contributed by atoms with Gasteiger partial charge in [0.1, 0.15) is 16.5 Å². The summed E-state index contributed by atoms with van der Waals surface area (Å²) >= 11 is 12.8. The van der Waals surface area contributed by atoms with Crippen molar-refractivity contribution in [3.8, 4) is 23.0 Å². The van der Waals surface area contributed by atoms with Crippen molar-refractivity contribution in [3.05, 3.63) is 62.3 Å². The lowest BCUT2D eigenvalue weighted by Crippen LogP contribution is -2.25. The van der Waals surface area contributed by atoms with E-state index in [0.29, 0.717) is 28.7 Å². The first-order valence-electron chi connectivity index (χ1n) is 10.3. The van der Waals surface area contributed by atoms with E-state index in [1.807, 2.05) is 26.0 Å². The van der Waals surface area contributed by atoms with Gasteiger partial charge in [-0.25, -0.2) is 0 Å². The fraction of sp³-hybridized carbons (Fsp3) is 0.280. The Bertz CT molecular complexity index is 1210. The number of allylic oxidation sites excluding steroid dienone is 3. The largest absolute Gasteiger partial charge is 0.496 e. The lowest BCUT2D eigenvalue weighted by molar-refractivity contribution is -0.115. The van der Waals surface area contributed by atoms with Crippen molar-refractivity contribution in [2.24, 2.45) is 0 Å². The van der Waals surface area contributed by atoms with Crippen LogP contribution >= 0.6 is 23.2 Å². The van der Waals surface area contributed by atoms with Crippen LogP contribution in [-0.2, 0) is 16.0 Å². The number of halogens is 2. The molecule has 3 rings (SSSR count). The maximum Gasteiger partial charge on any atom is 0.222 e. The number of nitrogens with one attached hydrogen (secondary N) is 1. The quantitative estimate of drug-likeness (QED) is 0.500. The average molecular weight is 506 g/mol. The Kier molecular flexibility index (Phi) is 7.79. The van der Waals surface area contributed by atoms with Gasteiger partial charge in [-0.1, -0.05) is 29.3 Å². The van der Waals surface area contributed by atoms with Gasteiger partial charge < -0.3 is 24.3 Å². The first-order valence-corrected chi connectivity index (χ1v) is 11.0. The lowest BCUT2D eigenvalue weighted by Gasteiger charge is -2.21. The van der Waals surface area contributed by atoms with Crippen LogP contribution in [0.5, 0.6) is 23.0 Å². The van der Waals surface area contributed by atoms with Gasteiger partial charge in [0.2, 0.25) is 17.3 Å². The Morgan fingerprint density at radius 3 is 1.88 bits per heavy atom. The van der Waals surface area contributed by atoms with Crippen LogP contribution in [0.25, 0.3) is 0 Å². The first kappa shape index (κ1) is 25.5. The molecule has 1 aliphatic rings. The highest BCUT2D eigenvalue weighted by Gasteiger charge is 2.34. The van der Waals surface area contributed by atoms with Crippen molar-refractivity contribution >= 4 is 40.5 Å². The zero-order valence-electron chi connectivity index (χ0n) is 19.7. The topological polar surface area (TPSA) is 83.1 Å². The van der Waals surface area contributed by atoms with Crippen LogP contribution in [0.1, 0.15) is 16.7 Å². The van der Waals surface area contributed by atoms with E-state index < -0.39 is 11.6 Å². The van der Waals surface area contributed by atoms with Gasteiger partial charge in [0.25, 0.3) is 0 Å². The fourth-order valence-electron chi connectivity index (χ4n) is 3.68. The number of anilines is 1. The van der Waals surface area contributed by atoms with E-state index >= 15 is 0 Å². The van der Waals surface area contributed by atoms with Gasteiger partial charge in [-0.2, -0.15) is 0 Å². The highest BCUT2D eigenvalue weighted by atomic mass is 35.5. The second kappa shape index (κ2) is 10.4. The normalized spacial score (nSPS) is 13.9. The summed E-state index contributed by atoms with van der Waals surface area (Å²) in [4.78, 5) is 26.2. The third-order valence-corrected chi connectivity index (χ3v) is 6.36. The molecule has 7 nitrogen and oxygen atoms in total. The molecular formula is C25H25Cl2NO6. The van der Waals surface area contributed by atoms with Crippen LogP contribution in [0.4, 0.5) is 5.69 Å². The number of hydrogen-bond donors (Lipinski definition) is 1. The summed E-state index contributed by atoms with van der Waals surface area (Å²) < 4.78 is 21.4. The van der Waals surface area contributed by atoms with Crippen LogP contribution in [-0.4, -0.2) is 40.0 Å². The van der Waals surface area contributed by atoms with Crippen molar-refractivity contribution in [3.63, 3.8) is 0 Å². The van der Waals surface area contributed by atoms with Crippen molar-refractivity contribution in [1.29, 1.82) is 0 Å². The number of benzene rings is 2. The van der Waals surface area contributed by atoms with E-state index in [1.54, 1.807) is 19.2 Å². The van der Waals surface area contributed by atoms with Crippen LogP contribution in [0.15, 0.2) is 45.6 Å². The molecule has 0 aliphatic heterocycles. The number of ether oxygens (including phenoxy) is 4. The molecule has 2 aromatic carbocycles. The number of ketones is 2. The molecule has 0 heterocycles. The predicted molar refractivity (Wildman–Crippen MR) is 132 cm³/mol. The van der Waals surface area contributed by atoms with Crippen molar-refractivity contribution in [2.75, 3.05) is 33.8 Å². The van der Waals surface area contributed by atoms with Gasteiger partial charge in [-0.3, -0.25) is 9.59 Å². The van der Waals surface area contributed by atoms with Crippen LogP contribution in [0.3, 0.4) is 0 Å². The van der Waals surface area contributed by atoms with Crippen molar-refractivity contribution in [1.82, 2.24) is 0 Å². The van der Waals surface area contributed by atoms with Crippen LogP contribution in [0.2, 0.25) is 0 Å².